The van der Waals surface area contributed by atoms with Gasteiger partial charge in [-0.1, -0.05) is 29.8 Å². The van der Waals surface area contributed by atoms with Crippen molar-refractivity contribution in [1.29, 1.82) is 0 Å². The van der Waals surface area contributed by atoms with Crippen LogP contribution in [0.3, 0.4) is 0 Å². The number of hydrogen-bond acceptors (Lipinski definition) is 4. The summed E-state index contributed by atoms with van der Waals surface area (Å²) in [5, 5.41) is 3.48. The molecule has 0 bridgehead atoms. The van der Waals surface area contributed by atoms with Crippen LogP contribution < -0.4 is 14.8 Å². The Kier molecular flexibility index (Phi) is 6.13. The summed E-state index contributed by atoms with van der Waals surface area (Å²) < 4.78 is 11.8. The molecule has 0 amide bonds. The Labute approximate surface area is 129 Å². The van der Waals surface area contributed by atoms with Gasteiger partial charge in [-0.05, 0) is 50.3 Å². The predicted molar refractivity (Wildman–Crippen MR) is 84.4 cm³/mol. The molecule has 0 saturated carbocycles. The van der Waals surface area contributed by atoms with E-state index in [1.807, 2.05) is 12.1 Å². The Hall–Kier alpha value is -0.780. The van der Waals surface area contributed by atoms with Crippen LogP contribution in [0.2, 0.25) is 0 Å². The first-order chi connectivity index (χ1) is 9.74. The molecule has 20 heavy (non-hydrogen) atoms. The van der Waals surface area contributed by atoms with Crippen molar-refractivity contribution in [2.24, 2.45) is 0 Å². The third kappa shape index (κ3) is 4.11. The third-order valence-corrected chi connectivity index (χ3v) is 4.32. The van der Waals surface area contributed by atoms with Gasteiger partial charge in [-0.3, -0.25) is 0 Å². The van der Waals surface area contributed by atoms with Gasteiger partial charge in [0.2, 0.25) is 6.79 Å². The van der Waals surface area contributed by atoms with Crippen LogP contribution >= 0.6 is 15.9 Å². The summed E-state index contributed by atoms with van der Waals surface area (Å²) in [5.41, 5.74) is 1.21. The van der Waals surface area contributed by atoms with Crippen LogP contribution in [-0.2, 0) is 6.54 Å². The average molecular weight is 343 g/mol. The molecule has 0 aliphatic carbocycles. The van der Waals surface area contributed by atoms with Gasteiger partial charge < -0.3 is 19.7 Å². The number of rotatable bonds is 8. The van der Waals surface area contributed by atoms with Gasteiger partial charge >= 0.3 is 0 Å². The molecule has 1 aromatic carbocycles. The fourth-order valence-electron chi connectivity index (χ4n) is 2.29. The maximum absolute atomic E-state index is 5.40. The number of hydrogen-bond donors (Lipinski definition) is 1. The number of ether oxygens (including phenoxy) is 2. The Morgan fingerprint density at radius 2 is 1.90 bits per heavy atom. The zero-order chi connectivity index (χ0) is 14.4. The minimum Gasteiger partial charge on any atom is -0.454 e. The topological polar surface area (TPSA) is 33.7 Å². The van der Waals surface area contributed by atoms with Crippen molar-refractivity contribution < 1.29 is 9.47 Å². The summed E-state index contributed by atoms with van der Waals surface area (Å²) in [5.74, 6) is 1.66. The fourth-order valence-corrected chi connectivity index (χ4v) is 2.75. The zero-order valence-corrected chi connectivity index (χ0v) is 13.8. The molecular weight excluding hydrogens is 320 g/mol. The molecule has 0 atom stereocenters. The van der Waals surface area contributed by atoms with Gasteiger partial charge in [0, 0.05) is 11.0 Å². The molecule has 4 nitrogen and oxygen atoms in total. The number of nitrogens with zero attached hydrogens (tertiary/aromatic N) is 1. The van der Waals surface area contributed by atoms with Crippen LogP contribution in [0.15, 0.2) is 16.6 Å². The van der Waals surface area contributed by atoms with Crippen molar-refractivity contribution in [1.82, 2.24) is 10.2 Å². The Balaban J connectivity index is 1.74. The van der Waals surface area contributed by atoms with Crippen molar-refractivity contribution in [3.8, 4) is 11.5 Å². The molecule has 1 heterocycles. The first-order valence-corrected chi connectivity index (χ1v) is 8.05. The molecule has 0 unspecified atom stereocenters. The normalized spacial score (nSPS) is 13.2. The molecule has 112 valence electrons. The van der Waals surface area contributed by atoms with E-state index in [0.717, 1.165) is 48.7 Å². The molecule has 1 aliphatic heterocycles. The van der Waals surface area contributed by atoms with Crippen molar-refractivity contribution in [3.05, 3.63) is 22.2 Å². The van der Waals surface area contributed by atoms with Gasteiger partial charge in [-0.2, -0.15) is 0 Å². The highest BCUT2D eigenvalue weighted by atomic mass is 79.9. The lowest BCUT2D eigenvalue weighted by atomic mass is 10.2. The molecule has 1 N–H and O–H groups in total. The van der Waals surface area contributed by atoms with Gasteiger partial charge in [0.15, 0.2) is 11.5 Å². The van der Waals surface area contributed by atoms with Crippen LogP contribution in [0.4, 0.5) is 0 Å². The van der Waals surface area contributed by atoms with Gasteiger partial charge in [0.1, 0.15) is 0 Å². The molecule has 1 aliphatic rings. The maximum Gasteiger partial charge on any atom is 0.231 e. The van der Waals surface area contributed by atoms with Gasteiger partial charge in [0.25, 0.3) is 0 Å². The predicted octanol–water partition coefficient (Wildman–Crippen LogP) is 3.00. The summed E-state index contributed by atoms with van der Waals surface area (Å²) in [6.07, 6.45) is 1.17. The summed E-state index contributed by atoms with van der Waals surface area (Å²) in [6, 6.07) is 4.03. The van der Waals surface area contributed by atoms with Gasteiger partial charge in [-0.15, -0.1) is 0 Å². The lowest BCUT2D eigenvalue weighted by molar-refractivity contribution is 0.174. The number of fused-ring (bicyclic) bond motifs is 1. The minimum atomic E-state index is 0.322. The van der Waals surface area contributed by atoms with E-state index in [4.69, 9.17) is 9.47 Å². The third-order valence-electron chi connectivity index (χ3n) is 3.58. The van der Waals surface area contributed by atoms with E-state index in [1.165, 1.54) is 12.0 Å². The van der Waals surface area contributed by atoms with Crippen molar-refractivity contribution >= 4 is 15.9 Å². The lowest BCUT2D eigenvalue weighted by Gasteiger charge is -2.17. The molecular formula is C15H23BrN2O2. The van der Waals surface area contributed by atoms with E-state index in [2.05, 4.69) is 40.0 Å². The first kappa shape index (κ1) is 15.6. The molecule has 0 aromatic heterocycles. The number of halogens is 1. The SMILES string of the molecule is CCN(CC)CCCNCc1cc2c(cc1Br)OCO2. The van der Waals surface area contributed by atoms with Crippen molar-refractivity contribution in [2.45, 2.75) is 26.8 Å². The smallest absolute Gasteiger partial charge is 0.231 e. The summed E-state index contributed by atoms with van der Waals surface area (Å²) >= 11 is 3.58. The number of nitrogens with one attached hydrogen (secondary N) is 1. The van der Waals surface area contributed by atoms with Crippen molar-refractivity contribution in [3.63, 3.8) is 0 Å². The average Bonchev–Trinajstić information content (AvgIpc) is 2.90. The molecule has 2 rings (SSSR count). The van der Waals surface area contributed by atoms with E-state index in [9.17, 15) is 0 Å². The minimum absolute atomic E-state index is 0.322. The van der Waals surface area contributed by atoms with E-state index in [1.54, 1.807) is 0 Å². The highest BCUT2D eigenvalue weighted by Crippen LogP contribution is 2.36. The quantitative estimate of drug-likeness (QED) is 0.736. The zero-order valence-electron chi connectivity index (χ0n) is 12.2. The van der Waals surface area contributed by atoms with Gasteiger partial charge in [-0.25, -0.2) is 0 Å². The molecule has 1 aromatic rings. The second-order valence-electron chi connectivity index (χ2n) is 4.85. The second kappa shape index (κ2) is 7.86. The lowest BCUT2D eigenvalue weighted by Crippen LogP contribution is -2.27. The molecule has 0 saturated heterocycles. The monoisotopic (exact) mass is 342 g/mol. The largest absolute Gasteiger partial charge is 0.454 e. The summed E-state index contributed by atoms with van der Waals surface area (Å²) in [6.45, 7) is 10.0. The van der Waals surface area contributed by atoms with Crippen LogP contribution in [0.5, 0.6) is 11.5 Å². The molecule has 0 fully saturated rings. The van der Waals surface area contributed by atoms with Gasteiger partial charge in [0.05, 0.1) is 0 Å². The van der Waals surface area contributed by atoms with E-state index in [0.29, 0.717) is 6.79 Å². The number of benzene rings is 1. The van der Waals surface area contributed by atoms with E-state index >= 15 is 0 Å². The molecule has 5 heteroatoms. The Morgan fingerprint density at radius 3 is 2.60 bits per heavy atom. The first-order valence-electron chi connectivity index (χ1n) is 7.25. The molecule has 0 spiro atoms. The fraction of sp³-hybridized carbons (Fsp3) is 0.600. The molecule has 0 radical (unpaired) electrons. The summed E-state index contributed by atoms with van der Waals surface area (Å²) in [7, 11) is 0. The van der Waals surface area contributed by atoms with E-state index < -0.39 is 0 Å². The van der Waals surface area contributed by atoms with Crippen LogP contribution in [-0.4, -0.2) is 37.9 Å². The van der Waals surface area contributed by atoms with E-state index in [-0.39, 0.29) is 0 Å². The highest BCUT2D eigenvalue weighted by molar-refractivity contribution is 9.10. The highest BCUT2D eigenvalue weighted by Gasteiger charge is 2.15. The van der Waals surface area contributed by atoms with Crippen LogP contribution in [0.1, 0.15) is 25.8 Å². The Bertz CT molecular complexity index is 436. The summed E-state index contributed by atoms with van der Waals surface area (Å²) in [4.78, 5) is 2.44. The Morgan fingerprint density at radius 1 is 1.20 bits per heavy atom. The maximum atomic E-state index is 5.40. The van der Waals surface area contributed by atoms with Crippen LogP contribution in [0.25, 0.3) is 0 Å². The van der Waals surface area contributed by atoms with Crippen molar-refractivity contribution in [2.75, 3.05) is 33.0 Å². The van der Waals surface area contributed by atoms with Crippen LogP contribution in [0, 0.1) is 0 Å². The second-order valence-corrected chi connectivity index (χ2v) is 5.71. The standard InChI is InChI=1S/C15H23BrN2O2/c1-3-18(4-2)7-5-6-17-10-12-8-14-15(9-13(12)16)20-11-19-14/h8-9,17H,3-7,10-11H2,1-2H3.